The van der Waals surface area contributed by atoms with E-state index in [0.717, 1.165) is 22.7 Å². The molecule has 0 saturated carbocycles. The van der Waals surface area contributed by atoms with E-state index in [4.69, 9.17) is 0 Å². The molecule has 2 aromatic carbocycles. The summed E-state index contributed by atoms with van der Waals surface area (Å²) in [6.45, 7) is 2.04. The van der Waals surface area contributed by atoms with Crippen molar-refractivity contribution in [3.8, 4) is 0 Å². The Labute approximate surface area is 158 Å². The molecular formula is C20H20N2O4S. The lowest BCUT2D eigenvalue weighted by Crippen LogP contribution is -2.29. The number of fused-ring (bicyclic) bond motifs is 2. The second kappa shape index (κ2) is 6.49. The number of rotatable bonds is 4. The summed E-state index contributed by atoms with van der Waals surface area (Å²) in [5.74, 6) is -0.909. The van der Waals surface area contributed by atoms with Crippen molar-refractivity contribution in [2.24, 2.45) is 0 Å². The number of hydrogen-bond acceptors (Lipinski definition) is 4. The van der Waals surface area contributed by atoms with Crippen LogP contribution in [0.1, 0.15) is 50.8 Å². The van der Waals surface area contributed by atoms with Crippen LogP contribution in [0.2, 0.25) is 0 Å². The van der Waals surface area contributed by atoms with E-state index in [2.05, 4.69) is 17.4 Å². The van der Waals surface area contributed by atoms with Crippen molar-refractivity contribution in [1.82, 2.24) is 9.62 Å². The molecule has 2 aromatic rings. The highest BCUT2D eigenvalue weighted by Crippen LogP contribution is 2.30. The van der Waals surface area contributed by atoms with Gasteiger partial charge in [0.25, 0.3) is 21.8 Å². The van der Waals surface area contributed by atoms with E-state index in [9.17, 15) is 18.0 Å². The first-order valence-corrected chi connectivity index (χ1v) is 10.5. The Balaban J connectivity index is 1.53. The van der Waals surface area contributed by atoms with Crippen LogP contribution in [0.4, 0.5) is 0 Å². The monoisotopic (exact) mass is 384 g/mol. The molecule has 2 aliphatic rings. The van der Waals surface area contributed by atoms with Crippen molar-refractivity contribution >= 4 is 21.8 Å². The van der Waals surface area contributed by atoms with E-state index < -0.39 is 15.9 Å². The van der Waals surface area contributed by atoms with Gasteiger partial charge in [0.15, 0.2) is 0 Å². The molecule has 1 heterocycles. The lowest BCUT2D eigenvalue weighted by atomic mass is 10.1. The largest absolute Gasteiger partial charge is 0.348 e. The number of benzene rings is 2. The maximum Gasteiger partial charge on any atom is 0.268 e. The summed E-state index contributed by atoms with van der Waals surface area (Å²) in [4.78, 5) is 24.6. The molecule has 4 rings (SSSR count). The van der Waals surface area contributed by atoms with Crippen LogP contribution < -0.4 is 5.32 Å². The Kier molecular flexibility index (Phi) is 4.26. The van der Waals surface area contributed by atoms with Gasteiger partial charge >= 0.3 is 0 Å². The topological polar surface area (TPSA) is 83.6 Å². The Morgan fingerprint density at radius 3 is 2.67 bits per heavy atom. The van der Waals surface area contributed by atoms with E-state index in [1.165, 1.54) is 35.7 Å². The molecule has 0 spiro atoms. The third-order valence-electron chi connectivity index (χ3n) is 5.17. The van der Waals surface area contributed by atoms with Gasteiger partial charge in [0.2, 0.25) is 0 Å². The Morgan fingerprint density at radius 2 is 1.89 bits per heavy atom. The first-order chi connectivity index (χ1) is 12.9. The molecule has 1 aliphatic carbocycles. The van der Waals surface area contributed by atoms with E-state index in [1.54, 1.807) is 6.92 Å². The van der Waals surface area contributed by atoms with Crippen LogP contribution in [0.3, 0.4) is 0 Å². The smallest absolute Gasteiger partial charge is 0.268 e. The molecule has 0 saturated heterocycles. The fourth-order valence-corrected chi connectivity index (χ4v) is 5.35. The molecule has 0 atom stereocenters. The molecule has 2 amide bonds. The van der Waals surface area contributed by atoms with Crippen LogP contribution in [0.15, 0.2) is 41.3 Å². The standard InChI is InChI=1S/C20H20N2O4S/c1-2-22-20(24)17-9-8-16(11-18(17)27(22,25)26)19(23)21-12-13-6-7-14-4-3-5-15(14)10-13/h6-11H,2-5,12H2,1H3,(H,21,23). The number of carbonyl (C=O) groups is 2. The highest BCUT2D eigenvalue weighted by atomic mass is 32.2. The Bertz CT molecular complexity index is 1060. The molecule has 6 nitrogen and oxygen atoms in total. The van der Waals surface area contributed by atoms with Crippen LogP contribution in [-0.2, 0) is 29.4 Å². The van der Waals surface area contributed by atoms with E-state index in [1.807, 2.05) is 6.07 Å². The van der Waals surface area contributed by atoms with Gasteiger partial charge in [-0.3, -0.25) is 9.59 Å². The molecule has 0 fully saturated rings. The van der Waals surface area contributed by atoms with Crippen LogP contribution in [0.5, 0.6) is 0 Å². The average molecular weight is 384 g/mol. The summed E-state index contributed by atoms with van der Waals surface area (Å²) in [6.07, 6.45) is 3.35. The van der Waals surface area contributed by atoms with E-state index >= 15 is 0 Å². The number of nitrogens with zero attached hydrogens (tertiary/aromatic N) is 1. The van der Waals surface area contributed by atoms with Gasteiger partial charge in [-0.05, 0) is 61.1 Å². The molecule has 140 valence electrons. The van der Waals surface area contributed by atoms with Crippen LogP contribution in [-0.4, -0.2) is 31.1 Å². The SMILES string of the molecule is CCN1C(=O)c2ccc(C(=O)NCc3ccc4c(c3)CCC4)cc2S1(=O)=O. The predicted octanol–water partition coefficient (Wildman–Crippen LogP) is 2.27. The minimum absolute atomic E-state index is 0.0652. The van der Waals surface area contributed by atoms with Crippen LogP contribution in [0, 0.1) is 0 Å². The maximum atomic E-state index is 12.5. The summed E-state index contributed by atoms with van der Waals surface area (Å²) < 4.78 is 25.7. The number of nitrogens with one attached hydrogen (secondary N) is 1. The van der Waals surface area contributed by atoms with Gasteiger partial charge in [0.1, 0.15) is 4.90 Å². The lowest BCUT2D eigenvalue weighted by Gasteiger charge is -2.11. The number of carbonyl (C=O) groups excluding carboxylic acids is 2. The van der Waals surface area contributed by atoms with Crippen molar-refractivity contribution in [2.75, 3.05) is 6.54 Å². The third-order valence-corrected chi connectivity index (χ3v) is 7.07. The lowest BCUT2D eigenvalue weighted by molar-refractivity contribution is 0.0874. The first-order valence-electron chi connectivity index (χ1n) is 9.02. The molecular weight excluding hydrogens is 364 g/mol. The summed E-state index contributed by atoms with van der Waals surface area (Å²) in [7, 11) is -3.87. The van der Waals surface area contributed by atoms with Crippen molar-refractivity contribution in [1.29, 1.82) is 0 Å². The predicted molar refractivity (Wildman–Crippen MR) is 100.0 cm³/mol. The summed E-state index contributed by atoms with van der Waals surface area (Å²) in [5.41, 5.74) is 4.07. The maximum absolute atomic E-state index is 12.5. The molecule has 0 unspecified atom stereocenters. The molecule has 1 aliphatic heterocycles. The normalized spacial score (nSPS) is 16.9. The Hall–Kier alpha value is -2.67. The fraction of sp³-hybridized carbons (Fsp3) is 0.300. The molecule has 7 heteroatoms. The average Bonchev–Trinajstić information content (AvgIpc) is 3.20. The Morgan fingerprint density at radius 1 is 1.11 bits per heavy atom. The zero-order chi connectivity index (χ0) is 19.2. The van der Waals surface area contributed by atoms with E-state index in [0.29, 0.717) is 6.54 Å². The second-order valence-corrected chi connectivity index (χ2v) is 8.66. The third kappa shape index (κ3) is 2.92. The molecule has 1 N–H and O–H groups in total. The van der Waals surface area contributed by atoms with Crippen LogP contribution >= 0.6 is 0 Å². The van der Waals surface area contributed by atoms with Crippen LogP contribution in [0.25, 0.3) is 0 Å². The van der Waals surface area contributed by atoms with Gasteiger partial charge < -0.3 is 5.32 Å². The van der Waals surface area contributed by atoms with Crippen molar-refractivity contribution in [3.05, 3.63) is 64.2 Å². The number of sulfonamides is 1. The molecule has 0 radical (unpaired) electrons. The van der Waals surface area contributed by atoms with E-state index in [-0.39, 0.29) is 28.5 Å². The van der Waals surface area contributed by atoms with Gasteiger partial charge in [-0.15, -0.1) is 0 Å². The highest BCUT2D eigenvalue weighted by molar-refractivity contribution is 7.90. The zero-order valence-corrected chi connectivity index (χ0v) is 15.8. The van der Waals surface area contributed by atoms with Gasteiger partial charge in [-0.2, -0.15) is 0 Å². The highest BCUT2D eigenvalue weighted by Gasteiger charge is 2.40. The zero-order valence-electron chi connectivity index (χ0n) is 15.0. The molecule has 0 bridgehead atoms. The van der Waals surface area contributed by atoms with Gasteiger partial charge in [0, 0.05) is 18.7 Å². The summed E-state index contributed by atoms with van der Waals surface area (Å²) in [6, 6.07) is 10.4. The second-order valence-electron chi connectivity index (χ2n) is 6.83. The minimum Gasteiger partial charge on any atom is -0.348 e. The first kappa shape index (κ1) is 17.7. The number of hydrogen-bond donors (Lipinski definition) is 1. The minimum atomic E-state index is -3.87. The van der Waals surface area contributed by atoms with Gasteiger partial charge in [-0.1, -0.05) is 18.2 Å². The van der Waals surface area contributed by atoms with Crippen molar-refractivity contribution in [2.45, 2.75) is 37.6 Å². The summed E-state index contributed by atoms with van der Waals surface area (Å²) in [5, 5.41) is 2.83. The van der Waals surface area contributed by atoms with Gasteiger partial charge in [-0.25, -0.2) is 12.7 Å². The van der Waals surface area contributed by atoms with Crippen molar-refractivity contribution in [3.63, 3.8) is 0 Å². The van der Waals surface area contributed by atoms with Gasteiger partial charge in [0.05, 0.1) is 5.56 Å². The number of aryl methyl sites for hydroxylation is 2. The molecule has 27 heavy (non-hydrogen) atoms. The van der Waals surface area contributed by atoms with Crippen molar-refractivity contribution < 1.29 is 18.0 Å². The fourth-order valence-electron chi connectivity index (χ4n) is 3.75. The summed E-state index contributed by atoms with van der Waals surface area (Å²) >= 11 is 0. The quantitative estimate of drug-likeness (QED) is 0.877. The molecule has 0 aromatic heterocycles. The number of amides is 2.